The van der Waals surface area contributed by atoms with Gasteiger partial charge < -0.3 is 15.0 Å². The van der Waals surface area contributed by atoms with E-state index in [1.165, 1.54) is 12.0 Å². The number of aryl methyl sites for hydroxylation is 1. The molecule has 0 aromatic heterocycles. The predicted molar refractivity (Wildman–Crippen MR) is 164 cm³/mol. The fourth-order valence-corrected chi connectivity index (χ4v) is 5.45. The molecule has 0 heterocycles. The van der Waals surface area contributed by atoms with E-state index in [0.29, 0.717) is 16.3 Å². The third-order valence-corrected chi connectivity index (χ3v) is 7.85. The summed E-state index contributed by atoms with van der Waals surface area (Å²) in [5, 5.41) is 3.43. The molecule has 0 spiro atoms. The molecule has 0 unspecified atom stereocenters. The van der Waals surface area contributed by atoms with Crippen LogP contribution in [0.3, 0.4) is 0 Å². The molecule has 0 aliphatic carbocycles. The van der Waals surface area contributed by atoms with Crippen LogP contribution in [-0.2, 0) is 32.6 Å². The minimum atomic E-state index is -3.93. The van der Waals surface area contributed by atoms with Gasteiger partial charge in [0, 0.05) is 23.5 Å². The van der Waals surface area contributed by atoms with Crippen LogP contribution in [-0.4, -0.2) is 56.6 Å². The number of nitrogens with one attached hydrogen (secondary N) is 1. The van der Waals surface area contributed by atoms with Crippen molar-refractivity contribution in [3.63, 3.8) is 0 Å². The quantitative estimate of drug-likeness (QED) is 0.335. The second kappa shape index (κ2) is 13.4. The molecule has 220 valence electrons. The van der Waals surface area contributed by atoms with Crippen molar-refractivity contribution < 1.29 is 22.7 Å². The summed E-state index contributed by atoms with van der Waals surface area (Å²) >= 11 is 6.49. The van der Waals surface area contributed by atoms with Gasteiger partial charge in [-0.1, -0.05) is 66.2 Å². The van der Waals surface area contributed by atoms with E-state index in [-0.39, 0.29) is 24.6 Å². The summed E-state index contributed by atoms with van der Waals surface area (Å²) in [7, 11) is -2.49. The van der Waals surface area contributed by atoms with Crippen LogP contribution in [0.15, 0.2) is 72.8 Å². The van der Waals surface area contributed by atoms with Crippen LogP contribution in [0.2, 0.25) is 5.02 Å². The Labute approximate surface area is 248 Å². The van der Waals surface area contributed by atoms with Gasteiger partial charge in [0.25, 0.3) is 0 Å². The average molecular weight is 600 g/mol. The number of benzene rings is 3. The maximum absolute atomic E-state index is 14.2. The highest BCUT2D eigenvalue weighted by molar-refractivity contribution is 7.92. The van der Waals surface area contributed by atoms with Crippen LogP contribution < -0.4 is 14.4 Å². The number of carbonyl (C=O) groups is 2. The Morgan fingerprint density at radius 2 is 1.63 bits per heavy atom. The van der Waals surface area contributed by atoms with Gasteiger partial charge in [0.1, 0.15) is 18.3 Å². The monoisotopic (exact) mass is 599 g/mol. The molecule has 0 saturated carbocycles. The van der Waals surface area contributed by atoms with Crippen molar-refractivity contribution in [2.45, 2.75) is 52.2 Å². The van der Waals surface area contributed by atoms with E-state index in [2.05, 4.69) is 5.32 Å². The number of rotatable bonds is 11. The highest BCUT2D eigenvalue weighted by Gasteiger charge is 2.35. The van der Waals surface area contributed by atoms with E-state index in [0.717, 1.165) is 21.7 Å². The minimum Gasteiger partial charge on any atom is -0.495 e. The number of hydrogen-bond acceptors (Lipinski definition) is 5. The zero-order valence-corrected chi connectivity index (χ0v) is 25.9. The molecule has 0 bridgehead atoms. The van der Waals surface area contributed by atoms with E-state index in [4.69, 9.17) is 16.3 Å². The Morgan fingerprint density at radius 1 is 1.00 bits per heavy atom. The van der Waals surface area contributed by atoms with Gasteiger partial charge in [0.2, 0.25) is 21.8 Å². The van der Waals surface area contributed by atoms with Gasteiger partial charge in [0.05, 0.1) is 19.1 Å². The number of amides is 2. The molecule has 0 radical (unpaired) electrons. The van der Waals surface area contributed by atoms with E-state index in [1.807, 2.05) is 58.0 Å². The predicted octanol–water partition coefficient (Wildman–Crippen LogP) is 4.98. The number of halogens is 1. The maximum atomic E-state index is 14.2. The average Bonchev–Trinajstić information content (AvgIpc) is 2.89. The topological polar surface area (TPSA) is 96.0 Å². The molecule has 2 amide bonds. The maximum Gasteiger partial charge on any atom is 0.244 e. The van der Waals surface area contributed by atoms with Gasteiger partial charge in [-0.05, 0) is 62.6 Å². The first-order chi connectivity index (χ1) is 19.2. The molecule has 41 heavy (non-hydrogen) atoms. The van der Waals surface area contributed by atoms with E-state index in [9.17, 15) is 18.0 Å². The molecule has 3 aromatic carbocycles. The number of anilines is 1. The molecule has 3 aromatic rings. The third-order valence-electron chi connectivity index (χ3n) is 6.35. The smallest absolute Gasteiger partial charge is 0.244 e. The van der Waals surface area contributed by atoms with Crippen molar-refractivity contribution in [1.29, 1.82) is 0 Å². The largest absolute Gasteiger partial charge is 0.495 e. The Balaban J connectivity index is 2.13. The second-order valence-corrected chi connectivity index (χ2v) is 13.3. The van der Waals surface area contributed by atoms with Gasteiger partial charge in [-0.15, -0.1) is 0 Å². The number of nitrogens with zero attached hydrogens (tertiary/aromatic N) is 2. The fourth-order valence-electron chi connectivity index (χ4n) is 4.41. The van der Waals surface area contributed by atoms with Crippen molar-refractivity contribution >= 4 is 39.1 Å². The first-order valence-corrected chi connectivity index (χ1v) is 15.4. The minimum absolute atomic E-state index is 0.00385. The third kappa shape index (κ3) is 8.96. The molecule has 3 rings (SSSR count). The van der Waals surface area contributed by atoms with Crippen molar-refractivity contribution in [1.82, 2.24) is 10.2 Å². The summed E-state index contributed by atoms with van der Waals surface area (Å²) in [6.07, 6.45) is 1.25. The zero-order chi connectivity index (χ0) is 30.4. The number of methoxy groups -OCH3 is 1. The summed E-state index contributed by atoms with van der Waals surface area (Å²) in [6, 6.07) is 20.6. The standard InChI is InChI=1S/C31H38ClN3O5S/c1-22-16-17-28(40-5)26(18-22)35(41(6,38)39)21-29(36)34(20-24-14-10-11-15-25(24)32)27(30(37)33-31(2,3)4)19-23-12-8-7-9-13-23/h7-18,27H,19-21H2,1-6H3,(H,33,37)/t27-/m1/s1. The van der Waals surface area contributed by atoms with Crippen molar-refractivity contribution in [2.75, 3.05) is 24.2 Å². The lowest BCUT2D eigenvalue weighted by atomic mass is 10.0. The molecular formula is C31H38ClN3O5S. The van der Waals surface area contributed by atoms with E-state index < -0.39 is 34.1 Å². The number of ether oxygens (including phenoxy) is 1. The first kappa shape index (κ1) is 32.0. The second-order valence-electron chi connectivity index (χ2n) is 11.0. The van der Waals surface area contributed by atoms with E-state index in [1.54, 1.807) is 42.5 Å². The van der Waals surface area contributed by atoms with Gasteiger partial charge in [-0.25, -0.2) is 8.42 Å². The lowest BCUT2D eigenvalue weighted by Gasteiger charge is -2.35. The highest BCUT2D eigenvalue weighted by atomic mass is 35.5. The van der Waals surface area contributed by atoms with Crippen molar-refractivity contribution in [2.24, 2.45) is 0 Å². The lowest BCUT2D eigenvalue weighted by Crippen LogP contribution is -2.56. The molecule has 0 saturated heterocycles. The molecule has 0 aliphatic rings. The van der Waals surface area contributed by atoms with Crippen LogP contribution in [0.1, 0.15) is 37.5 Å². The number of sulfonamides is 1. The van der Waals surface area contributed by atoms with Crippen molar-refractivity contribution in [3.05, 3.63) is 94.5 Å². The van der Waals surface area contributed by atoms with Crippen LogP contribution >= 0.6 is 11.6 Å². The first-order valence-electron chi connectivity index (χ1n) is 13.2. The van der Waals surface area contributed by atoms with E-state index >= 15 is 0 Å². The normalized spacial score (nSPS) is 12.4. The molecular weight excluding hydrogens is 562 g/mol. The molecule has 1 atom stereocenters. The van der Waals surface area contributed by atoms with Crippen molar-refractivity contribution in [3.8, 4) is 5.75 Å². The molecule has 1 N–H and O–H groups in total. The summed E-state index contributed by atoms with van der Waals surface area (Å²) in [6.45, 7) is 6.86. The van der Waals surface area contributed by atoms with Gasteiger partial charge in [-0.2, -0.15) is 0 Å². The summed E-state index contributed by atoms with van der Waals surface area (Å²) in [5.74, 6) is -0.623. The number of hydrogen-bond donors (Lipinski definition) is 1. The number of carbonyl (C=O) groups excluding carboxylic acids is 2. The highest BCUT2D eigenvalue weighted by Crippen LogP contribution is 2.31. The molecule has 8 nitrogen and oxygen atoms in total. The van der Waals surface area contributed by atoms with Gasteiger partial charge >= 0.3 is 0 Å². The summed E-state index contributed by atoms with van der Waals surface area (Å²) in [4.78, 5) is 29.4. The zero-order valence-electron chi connectivity index (χ0n) is 24.3. The summed E-state index contributed by atoms with van der Waals surface area (Å²) < 4.78 is 32.6. The molecule has 10 heteroatoms. The Morgan fingerprint density at radius 3 is 2.22 bits per heavy atom. The lowest BCUT2D eigenvalue weighted by molar-refractivity contribution is -0.140. The van der Waals surface area contributed by atoms with Crippen LogP contribution in [0, 0.1) is 6.92 Å². The van der Waals surface area contributed by atoms with Gasteiger partial charge in [-0.3, -0.25) is 13.9 Å². The SMILES string of the molecule is COc1ccc(C)cc1N(CC(=O)N(Cc1ccccc1Cl)[C@H](Cc1ccccc1)C(=O)NC(C)(C)C)S(C)(=O)=O. The van der Waals surface area contributed by atoms with Crippen LogP contribution in [0.25, 0.3) is 0 Å². The Bertz CT molecular complexity index is 1470. The Hall–Kier alpha value is -3.56. The summed E-state index contributed by atoms with van der Waals surface area (Å²) in [5.41, 5.74) is 1.93. The van der Waals surface area contributed by atoms with Crippen LogP contribution in [0.4, 0.5) is 5.69 Å². The molecule has 0 aliphatic heterocycles. The van der Waals surface area contributed by atoms with Crippen LogP contribution in [0.5, 0.6) is 5.75 Å². The fraction of sp³-hybridized carbons (Fsp3) is 0.355. The van der Waals surface area contributed by atoms with Gasteiger partial charge in [0.15, 0.2) is 0 Å². The Kier molecular flexibility index (Phi) is 10.4. The molecule has 0 fully saturated rings.